The number of carbonyl (C=O) groups is 1. The molecule has 4 nitrogen and oxygen atoms in total. The Morgan fingerprint density at radius 2 is 2.50 bits per heavy atom. The Labute approximate surface area is 99.0 Å². The number of aromatic nitrogens is 1. The molecule has 2 rings (SSSR count). The first kappa shape index (κ1) is 11.7. The van der Waals surface area contributed by atoms with E-state index in [0.29, 0.717) is 19.6 Å². The maximum absolute atomic E-state index is 12.0. The Morgan fingerprint density at radius 1 is 1.69 bits per heavy atom. The minimum Gasteiger partial charge on any atom is -0.379 e. The molecule has 2 unspecified atom stereocenters. The Balaban J connectivity index is 1.97. The fourth-order valence-electron chi connectivity index (χ4n) is 1.92. The Bertz CT molecular complexity index is 378. The highest BCUT2D eigenvalue weighted by Gasteiger charge is 2.32. The van der Waals surface area contributed by atoms with Crippen LogP contribution in [0.25, 0.3) is 0 Å². The lowest BCUT2D eigenvalue weighted by Crippen LogP contribution is -2.37. The molecule has 0 bridgehead atoms. The number of nitrogens with one attached hydrogen (secondary N) is 1. The monoisotopic (exact) mass is 240 g/mol. The van der Waals surface area contributed by atoms with E-state index in [2.05, 4.69) is 10.3 Å². The molecule has 0 saturated carbocycles. The van der Waals surface area contributed by atoms with Gasteiger partial charge in [-0.15, -0.1) is 11.3 Å². The summed E-state index contributed by atoms with van der Waals surface area (Å²) < 4.78 is 5.32. The molecule has 0 aromatic carbocycles. The number of rotatable bonds is 4. The third-order valence-corrected chi connectivity index (χ3v) is 3.82. The van der Waals surface area contributed by atoms with Crippen LogP contribution in [0.1, 0.15) is 10.7 Å². The quantitative estimate of drug-likeness (QED) is 0.845. The van der Waals surface area contributed by atoms with E-state index in [1.54, 1.807) is 11.3 Å². The number of ketones is 1. The number of hydrogen-bond acceptors (Lipinski definition) is 5. The van der Waals surface area contributed by atoms with E-state index in [0.717, 1.165) is 10.7 Å². The number of likely N-dealkylation sites (N-methyl/N-ethyl adjacent to an activating group) is 1. The third-order valence-electron chi connectivity index (χ3n) is 2.86. The van der Waals surface area contributed by atoms with Crippen molar-refractivity contribution < 1.29 is 9.53 Å². The molecule has 2 heterocycles. The Morgan fingerprint density at radius 3 is 3.12 bits per heavy atom. The SMILES string of the molecule is CNC1COCC1C(=O)Cc1nc(C)cs1. The summed E-state index contributed by atoms with van der Waals surface area (Å²) in [7, 11) is 1.87. The zero-order valence-corrected chi connectivity index (χ0v) is 10.3. The second kappa shape index (κ2) is 5.03. The lowest BCUT2D eigenvalue weighted by Gasteiger charge is -2.14. The minimum atomic E-state index is -0.0193. The Kier molecular flexibility index (Phi) is 3.68. The van der Waals surface area contributed by atoms with Crippen molar-refractivity contribution >= 4 is 17.1 Å². The molecule has 5 heteroatoms. The van der Waals surface area contributed by atoms with Crippen LogP contribution >= 0.6 is 11.3 Å². The maximum atomic E-state index is 12.0. The van der Waals surface area contributed by atoms with Crippen molar-refractivity contribution in [3.8, 4) is 0 Å². The van der Waals surface area contributed by atoms with Crippen LogP contribution in [0, 0.1) is 12.8 Å². The van der Waals surface area contributed by atoms with E-state index in [-0.39, 0.29) is 17.7 Å². The molecule has 1 aromatic rings. The van der Waals surface area contributed by atoms with E-state index in [1.807, 2.05) is 19.4 Å². The summed E-state index contributed by atoms with van der Waals surface area (Å²) in [5.74, 6) is 0.209. The van der Waals surface area contributed by atoms with E-state index in [4.69, 9.17) is 4.74 Å². The lowest BCUT2D eigenvalue weighted by molar-refractivity contribution is -0.122. The van der Waals surface area contributed by atoms with E-state index < -0.39 is 0 Å². The summed E-state index contributed by atoms with van der Waals surface area (Å²) in [4.78, 5) is 16.3. The molecule has 16 heavy (non-hydrogen) atoms. The summed E-state index contributed by atoms with van der Waals surface area (Å²) in [6.45, 7) is 3.11. The van der Waals surface area contributed by atoms with Crippen molar-refractivity contribution in [2.24, 2.45) is 5.92 Å². The largest absolute Gasteiger partial charge is 0.379 e. The predicted molar refractivity (Wildman–Crippen MR) is 62.7 cm³/mol. The summed E-state index contributed by atoms with van der Waals surface area (Å²) in [5, 5.41) is 6.01. The van der Waals surface area contributed by atoms with Gasteiger partial charge in [0.25, 0.3) is 0 Å². The molecule has 1 aromatic heterocycles. The van der Waals surface area contributed by atoms with Gasteiger partial charge in [-0.25, -0.2) is 4.98 Å². The number of carbonyl (C=O) groups excluding carboxylic acids is 1. The van der Waals surface area contributed by atoms with Gasteiger partial charge in [0.15, 0.2) is 0 Å². The standard InChI is InChI=1S/C11H16N2O2S/c1-7-6-16-11(13-7)3-10(14)8-4-15-5-9(8)12-2/h6,8-9,12H,3-5H2,1-2H3. The molecule has 2 atom stereocenters. The number of nitrogens with zero attached hydrogens (tertiary/aromatic N) is 1. The molecule has 1 saturated heterocycles. The van der Waals surface area contributed by atoms with Gasteiger partial charge in [-0.3, -0.25) is 4.79 Å². The molecule has 0 aliphatic carbocycles. The Hall–Kier alpha value is -0.780. The van der Waals surface area contributed by atoms with Crippen molar-refractivity contribution in [3.63, 3.8) is 0 Å². The number of aryl methyl sites for hydroxylation is 1. The van der Waals surface area contributed by atoms with Gasteiger partial charge >= 0.3 is 0 Å². The van der Waals surface area contributed by atoms with Crippen molar-refractivity contribution in [1.29, 1.82) is 0 Å². The summed E-state index contributed by atoms with van der Waals surface area (Å²) >= 11 is 1.55. The first-order valence-corrected chi connectivity index (χ1v) is 6.27. The van der Waals surface area contributed by atoms with Gasteiger partial charge in [-0.05, 0) is 14.0 Å². The van der Waals surface area contributed by atoms with Gasteiger partial charge in [-0.1, -0.05) is 0 Å². The molecular weight excluding hydrogens is 224 g/mol. The maximum Gasteiger partial charge on any atom is 0.146 e. The first-order valence-electron chi connectivity index (χ1n) is 5.39. The molecule has 1 aliphatic rings. The molecule has 0 amide bonds. The molecule has 1 fully saturated rings. The summed E-state index contributed by atoms with van der Waals surface area (Å²) in [6, 6.07) is 0.161. The van der Waals surface area contributed by atoms with Gasteiger partial charge in [0.05, 0.1) is 25.6 Å². The van der Waals surface area contributed by atoms with Crippen molar-refractivity contribution in [2.75, 3.05) is 20.3 Å². The second-order valence-corrected chi connectivity index (χ2v) is 5.01. The van der Waals surface area contributed by atoms with Gasteiger partial charge in [0, 0.05) is 17.1 Å². The average Bonchev–Trinajstić information content (AvgIpc) is 2.86. The highest BCUT2D eigenvalue weighted by Crippen LogP contribution is 2.18. The van der Waals surface area contributed by atoms with Crippen LogP contribution in [-0.4, -0.2) is 37.1 Å². The van der Waals surface area contributed by atoms with Crippen LogP contribution in [-0.2, 0) is 16.0 Å². The fraction of sp³-hybridized carbons (Fsp3) is 0.636. The highest BCUT2D eigenvalue weighted by atomic mass is 32.1. The van der Waals surface area contributed by atoms with Crippen LogP contribution in [0.15, 0.2) is 5.38 Å². The lowest BCUT2D eigenvalue weighted by atomic mass is 9.97. The second-order valence-electron chi connectivity index (χ2n) is 4.06. The van der Waals surface area contributed by atoms with Crippen LogP contribution in [0.2, 0.25) is 0 Å². The first-order chi connectivity index (χ1) is 7.70. The fourth-order valence-corrected chi connectivity index (χ4v) is 2.70. The summed E-state index contributed by atoms with van der Waals surface area (Å²) in [6.07, 6.45) is 0.435. The molecular formula is C11H16N2O2S. The van der Waals surface area contributed by atoms with Crippen LogP contribution in [0.3, 0.4) is 0 Å². The normalized spacial score (nSPS) is 24.9. The summed E-state index contributed by atoms with van der Waals surface area (Å²) in [5.41, 5.74) is 0.987. The molecule has 1 aliphatic heterocycles. The molecule has 1 N–H and O–H groups in total. The predicted octanol–water partition coefficient (Wildman–Crippen LogP) is 0.798. The number of ether oxygens (including phenoxy) is 1. The number of hydrogen-bond donors (Lipinski definition) is 1. The topological polar surface area (TPSA) is 51.2 Å². The van der Waals surface area contributed by atoms with Crippen LogP contribution in [0.4, 0.5) is 0 Å². The molecule has 0 radical (unpaired) electrons. The zero-order chi connectivity index (χ0) is 11.5. The third kappa shape index (κ3) is 2.48. The van der Waals surface area contributed by atoms with Crippen LogP contribution in [0.5, 0.6) is 0 Å². The van der Waals surface area contributed by atoms with E-state index in [1.165, 1.54) is 0 Å². The van der Waals surface area contributed by atoms with E-state index in [9.17, 15) is 4.79 Å². The number of Topliss-reactive ketones (excluding diaryl/α,β-unsaturated/α-hetero) is 1. The van der Waals surface area contributed by atoms with Gasteiger partial charge in [0.2, 0.25) is 0 Å². The van der Waals surface area contributed by atoms with Crippen molar-refractivity contribution in [3.05, 3.63) is 16.1 Å². The minimum absolute atomic E-state index is 0.0193. The van der Waals surface area contributed by atoms with E-state index >= 15 is 0 Å². The smallest absolute Gasteiger partial charge is 0.146 e. The molecule has 0 spiro atoms. The van der Waals surface area contributed by atoms with Crippen molar-refractivity contribution in [2.45, 2.75) is 19.4 Å². The van der Waals surface area contributed by atoms with Gasteiger partial charge in [0.1, 0.15) is 10.8 Å². The van der Waals surface area contributed by atoms with Crippen molar-refractivity contribution in [1.82, 2.24) is 10.3 Å². The molecule has 88 valence electrons. The van der Waals surface area contributed by atoms with Gasteiger partial charge < -0.3 is 10.1 Å². The van der Waals surface area contributed by atoms with Crippen LogP contribution < -0.4 is 5.32 Å². The van der Waals surface area contributed by atoms with Gasteiger partial charge in [-0.2, -0.15) is 0 Å². The average molecular weight is 240 g/mol. The highest BCUT2D eigenvalue weighted by molar-refractivity contribution is 7.09. The zero-order valence-electron chi connectivity index (χ0n) is 9.53. The number of thiazole rings is 1.